The molecule has 2 atom stereocenters. The highest BCUT2D eigenvalue weighted by atomic mass is 16.2. The molecule has 120 valence electrons. The lowest BCUT2D eigenvalue weighted by atomic mass is 10.0. The van der Waals surface area contributed by atoms with E-state index in [1.165, 1.54) is 5.56 Å². The van der Waals surface area contributed by atoms with E-state index in [0.717, 1.165) is 16.8 Å². The summed E-state index contributed by atoms with van der Waals surface area (Å²) >= 11 is 0. The minimum absolute atomic E-state index is 0.0231. The molecule has 1 aliphatic rings. The van der Waals surface area contributed by atoms with Crippen molar-refractivity contribution in [3.05, 3.63) is 28.8 Å². The maximum Gasteiger partial charge on any atom is 0.228 e. The van der Waals surface area contributed by atoms with E-state index < -0.39 is 0 Å². The lowest BCUT2D eigenvalue weighted by Crippen LogP contribution is -2.42. The van der Waals surface area contributed by atoms with E-state index >= 15 is 0 Å². The second-order valence-corrected chi connectivity index (χ2v) is 7.45. The fourth-order valence-corrected chi connectivity index (χ4v) is 2.83. The van der Waals surface area contributed by atoms with Crippen LogP contribution in [0.15, 0.2) is 12.1 Å². The SMILES string of the molecule is Cc1cc(C)c(NC(=O)C2CC2C(=O)NC(C)(C)C)c(C)c1. The van der Waals surface area contributed by atoms with Gasteiger partial charge in [-0.05, 0) is 59.1 Å². The smallest absolute Gasteiger partial charge is 0.228 e. The van der Waals surface area contributed by atoms with Gasteiger partial charge in [-0.1, -0.05) is 17.7 Å². The predicted molar refractivity (Wildman–Crippen MR) is 88.8 cm³/mol. The largest absolute Gasteiger partial charge is 0.351 e. The highest BCUT2D eigenvalue weighted by molar-refractivity contribution is 6.00. The van der Waals surface area contributed by atoms with Gasteiger partial charge in [0.05, 0.1) is 11.8 Å². The molecule has 4 heteroatoms. The van der Waals surface area contributed by atoms with Crippen molar-refractivity contribution in [3.63, 3.8) is 0 Å². The lowest BCUT2D eigenvalue weighted by molar-refractivity contribution is -0.126. The van der Waals surface area contributed by atoms with Crippen molar-refractivity contribution in [2.24, 2.45) is 11.8 Å². The molecule has 2 unspecified atom stereocenters. The monoisotopic (exact) mass is 302 g/mol. The Hall–Kier alpha value is -1.84. The summed E-state index contributed by atoms with van der Waals surface area (Å²) in [5.74, 6) is -0.471. The second-order valence-electron chi connectivity index (χ2n) is 7.45. The van der Waals surface area contributed by atoms with Crippen molar-refractivity contribution in [2.75, 3.05) is 5.32 Å². The first-order valence-corrected chi connectivity index (χ1v) is 7.79. The Morgan fingerprint density at radius 2 is 1.50 bits per heavy atom. The van der Waals surface area contributed by atoms with E-state index in [2.05, 4.69) is 22.8 Å². The number of aryl methyl sites for hydroxylation is 3. The molecule has 2 rings (SSSR count). The summed E-state index contributed by atoms with van der Waals surface area (Å²) in [5.41, 5.74) is 3.91. The van der Waals surface area contributed by atoms with E-state index in [-0.39, 0.29) is 29.2 Å². The van der Waals surface area contributed by atoms with Crippen molar-refractivity contribution < 1.29 is 9.59 Å². The molecular weight excluding hydrogens is 276 g/mol. The number of amides is 2. The van der Waals surface area contributed by atoms with Gasteiger partial charge in [-0.3, -0.25) is 9.59 Å². The number of hydrogen-bond acceptors (Lipinski definition) is 2. The van der Waals surface area contributed by atoms with E-state index in [0.29, 0.717) is 6.42 Å². The lowest BCUT2D eigenvalue weighted by Gasteiger charge is -2.20. The quantitative estimate of drug-likeness (QED) is 0.901. The van der Waals surface area contributed by atoms with Crippen LogP contribution < -0.4 is 10.6 Å². The molecule has 1 saturated carbocycles. The van der Waals surface area contributed by atoms with Gasteiger partial charge in [0.25, 0.3) is 0 Å². The molecule has 2 N–H and O–H groups in total. The van der Waals surface area contributed by atoms with Crippen LogP contribution in [-0.2, 0) is 9.59 Å². The molecule has 1 aromatic carbocycles. The minimum atomic E-state index is -0.259. The molecule has 1 fully saturated rings. The highest BCUT2D eigenvalue weighted by Gasteiger charge is 2.48. The average molecular weight is 302 g/mol. The zero-order valence-corrected chi connectivity index (χ0v) is 14.3. The van der Waals surface area contributed by atoms with Crippen LogP contribution in [0.5, 0.6) is 0 Å². The summed E-state index contributed by atoms with van der Waals surface area (Å²) in [6.07, 6.45) is 0.637. The molecular formula is C18H26N2O2. The molecule has 2 amide bonds. The van der Waals surface area contributed by atoms with Crippen molar-refractivity contribution in [2.45, 2.75) is 53.5 Å². The van der Waals surface area contributed by atoms with Gasteiger partial charge in [-0.2, -0.15) is 0 Å². The van der Waals surface area contributed by atoms with Crippen LogP contribution in [0.4, 0.5) is 5.69 Å². The van der Waals surface area contributed by atoms with Gasteiger partial charge in [0.15, 0.2) is 0 Å². The van der Waals surface area contributed by atoms with Crippen molar-refractivity contribution >= 4 is 17.5 Å². The third-order valence-electron chi connectivity index (χ3n) is 3.89. The molecule has 4 nitrogen and oxygen atoms in total. The normalized spacial score (nSPS) is 20.5. The standard InChI is InChI=1S/C18H26N2O2/c1-10-7-11(2)15(12(3)8-10)19-16(21)13-9-14(13)17(22)20-18(4,5)6/h7-8,13-14H,9H2,1-6H3,(H,19,21)(H,20,22). The maximum absolute atomic E-state index is 12.4. The summed E-state index contributed by atoms with van der Waals surface area (Å²) < 4.78 is 0. The zero-order valence-electron chi connectivity index (χ0n) is 14.3. The molecule has 0 bridgehead atoms. The Morgan fingerprint density at radius 1 is 1.00 bits per heavy atom. The van der Waals surface area contributed by atoms with Gasteiger partial charge in [0.1, 0.15) is 0 Å². The molecule has 0 radical (unpaired) electrons. The van der Waals surface area contributed by atoms with Crippen LogP contribution in [0.3, 0.4) is 0 Å². The van der Waals surface area contributed by atoms with Gasteiger partial charge in [0.2, 0.25) is 11.8 Å². The number of benzene rings is 1. The number of carbonyl (C=O) groups excluding carboxylic acids is 2. The number of carbonyl (C=O) groups is 2. The van der Waals surface area contributed by atoms with Crippen LogP contribution in [-0.4, -0.2) is 17.4 Å². The van der Waals surface area contributed by atoms with Crippen LogP contribution in [0.2, 0.25) is 0 Å². The Bertz CT molecular complexity index is 591. The van der Waals surface area contributed by atoms with Crippen molar-refractivity contribution in [1.82, 2.24) is 5.32 Å². The second kappa shape index (κ2) is 5.75. The summed E-state index contributed by atoms with van der Waals surface area (Å²) in [5, 5.41) is 5.94. The van der Waals surface area contributed by atoms with Crippen LogP contribution in [0, 0.1) is 32.6 Å². The number of nitrogens with one attached hydrogen (secondary N) is 2. The fourth-order valence-electron chi connectivity index (χ4n) is 2.83. The van der Waals surface area contributed by atoms with Gasteiger partial charge in [-0.25, -0.2) is 0 Å². The first-order chi connectivity index (χ1) is 10.1. The Balaban J connectivity index is 2.00. The van der Waals surface area contributed by atoms with Gasteiger partial charge in [-0.15, -0.1) is 0 Å². The molecule has 0 spiro atoms. The maximum atomic E-state index is 12.4. The fraction of sp³-hybridized carbons (Fsp3) is 0.556. The third kappa shape index (κ3) is 3.87. The Labute approximate surface area is 132 Å². The van der Waals surface area contributed by atoms with E-state index in [1.54, 1.807) is 0 Å². The zero-order chi connectivity index (χ0) is 16.7. The topological polar surface area (TPSA) is 58.2 Å². The van der Waals surface area contributed by atoms with E-state index in [4.69, 9.17) is 0 Å². The Kier molecular flexibility index (Phi) is 4.32. The third-order valence-corrected chi connectivity index (χ3v) is 3.89. The molecule has 0 heterocycles. The van der Waals surface area contributed by atoms with Gasteiger partial charge < -0.3 is 10.6 Å². The summed E-state index contributed by atoms with van der Waals surface area (Å²) in [6.45, 7) is 11.9. The number of rotatable bonds is 3. The van der Waals surface area contributed by atoms with Crippen LogP contribution >= 0.6 is 0 Å². The molecule has 0 aromatic heterocycles. The molecule has 0 saturated heterocycles. The molecule has 22 heavy (non-hydrogen) atoms. The van der Waals surface area contributed by atoms with Crippen LogP contribution in [0.25, 0.3) is 0 Å². The molecule has 1 aromatic rings. The van der Waals surface area contributed by atoms with Crippen LogP contribution in [0.1, 0.15) is 43.9 Å². The van der Waals surface area contributed by atoms with Crippen molar-refractivity contribution in [1.29, 1.82) is 0 Å². The van der Waals surface area contributed by atoms with Gasteiger partial charge >= 0.3 is 0 Å². The first-order valence-electron chi connectivity index (χ1n) is 7.79. The summed E-state index contributed by atoms with van der Waals surface area (Å²) in [4.78, 5) is 24.4. The molecule has 0 aliphatic heterocycles. The first kappa shape index (κ1) is 16.5. The Morgan fingerprint density at radius 3 is 2.00 bits per heavy atom. The summed E-state index contributed by atoms with van der Waals surface area (Å²) in [7, 11) is 0. The van der Waals surface area contributed by atoms with Crippen molar-refractivity contribution in [3.8, 4) is 0 Å². The summed E-state index contributed by atoms with van der Waals surface area (Å²) in [6, 6.07) is 4.11. The van der Waals surface area contributed by atoms with E-state index in [1.807, 2.05) is 41.5 Å². The van der Waals surface area contributed by atoms with E-state index in [9.17, 15) is 9.59 Å². The average Bonchev–Trinajstić information content (AvgIpc) is 3.11. The number of hydrogen-bond donors (Lipinski definition) is 2. The number of anilines is 1. The highest BCUT2D eigenvalue weighted by Crippen LogP contribution is 2.40. The van der Waals surface area contributed by atoms with Gasteiger partial charge in [0, 0.05) is 11.2 Å². The molecule has 1 aliphatic carbocycles. The minimum Gasteiger partial charge on any atom is -0.351 e. The predicted octanol–water partition coefficient (Wildman–Crippen LogP) is 3.10.